The van der Waals surface area contributed by atoms with Gasteiger partial charge in [-0.3, -0.25) is 0 Å². The SMILES string of the molecule is C[Si](C)(C)C1(c2ccccc2)CCC[Si](c2ccccc2)(c2ccccc2)O1. The molecule has 0 aromatic heterocycles. The van der Waals surface area contributed by atoms with Crippen LogP contribution in [0.5, 0.6) is 0 Å². The second-order valence-electron chi connectivity index (χ2n) is 8.96. The summed E-state index contributed by atoms with van der Waals surface area (Å²) < 4.78 is 7.58. The third-order valence-electron chi connectivity index (χ3n) is 6.34. The maximum Gasteiger partial charge on any atom is 0.256 e. The summed E-state index contributed by atoms with van der Waals surface area (Å²) in [6, 6.07) is 34.3. The second kappa shape index (κ2) is 7.47. The van der Waals surface area contributed by atoms with Gasteiger partial charge in [-0.2, -0.15) is 0 Å². The van der Waals surface area contributed by atoms with Crippen molar-refractivity contribution in [3.63, 3.8) is 0 Å². The van der Waals surface area contributed by atoms with Crippen molar-refractivity contribution in [1.29, 1.82) is 0 Å². The first-order valence-corrected chi connectivity index (χ1v) is 16.0. The van der Waals surface area contributed by atoms with Gasteiger partial charge in [0.25, 0.3) is 8.32 Å². The van der Waals surface area contributed by atoms with Gasteiger partial charge in [-0.15, -0.1) is 0 Å². The van der Waals surface area contributed by atoms with E-state index in [0.717, 1.165) is 12.5 Å². The van der Waals surface area contributed by atoms with Crippen LogP contribution in [-0.2, 0) is 9.65 Å². The zero-order chi connectivity index (χ0) is 19.7. The van der Waals surface area contributed by atoms with Crippen molar-refractivity contribution < 1.29 is 4.43 Å². The smallest absolute Gasteiger partial charge is 0.256 e. The monoisotopic (exact) mass is 402 g/mol. The van der Waals surface area contributed by atoms with E-state index in [9.17, 15) is 0 Å². The summed E-state index contributed by atoms with van der Waals surface area (Å²) in [4.78, 5) is 0. The fraction of sp³-hybridized carbons (Fsp3) is 0.280. The van der Waals surface area contributed by atoms with Gasteiger partial charge in [-0.25, -0.2) is 0 Å². The predicted octanol–water partition coefficient (Wildman–Crippen LogP) is 5.33. The largest absolute Gasteiger partial charge is 0.401 e. The van der Waals surface area contributed by atoms with E-state index in [1.54, 1.807) is 0 Å². The predicted molar refractivity (Wildman–Crippen MR) is 124 cm³/mol. The van der Waals surface area contributed by atoms with Crippen molar-refractivity contribution in [1.82, 2.24) is 0 Å². The molecule has 3 heteroatoms. The molecular formula is C25H30OSi2. The van der Waals surface area contributed by atoms with Gasteiger partial charge in [0, 0.05) is 0 Å². The molecule has 1 aliphatic rings. The van der Waals surface area contributed by atoms with E-state index in [2.05, 4.69) is 111 Å². The first kappa shape index (κ1) is 19.4. The summed E-state index contributed by atoms with van der Waals surface area (Å²) in [5.41, 5.74) is 1.37. The van der Waals surface area contributed by atoms with E-state index in [4.69, 9.17) is 4.43 Å². The quantitative estimate of drug-likeness (QED) is 0.536. The van der Waals surface area contributed by atoms with Gasteiger partial charge in [-0.05, 0) is 28.4 Å². The molecule has 0 radical (unpaired) electrons. The highest BCUT2D eigenvalue weighted by molar-refractivity contribution is 6.98. The van der Waals surface area contributed by atoms with Gasteiger partial charge in [0.05, 0.1) is 13.3 Å². The minimum atomic E-state index is -2.33. The van der Waals surface area contributed by atoms with Crippen LogP contribution in [0.4, 0.5) is 0 Å². The van der Waals surface area contributed by atoms with Gasteiger partial charge in [0.1, 0.15) is 0 Å². The zero-order valence-corrected chi connectivity index (χ0v) is 19.2. The molecule has 1 aliphatic heterocycles. The molecule has 1 unspecified atom stereocenters. The molecule has 1 nitrogen and oxygen atoms in total. The molecule has 0 amide bonds. The Labute approximate surface area is 171 Å². The standard InChI is InChI=1S/C25H30OSi2/c1-27(2,3)25(22-14-7-4-8-15-22)20-13-21-28(26-25,23-16-9-5-10-17-23)24-18-11-6-12-19-24/h4-12,14-19H,13,20-21H2,1-3H3. The van der Waals surface area contributed by atoms with Crippen molar-refractivity contribution in [3.8, 4) is 0 Å². The molecule has 0 bridgehead atoms. The molecule has 0 saturated carbocycles. The fourth-order valence-corrected chi connectivity index (χ4v) is 12.8. The van der Waals surface area contributed by atoms with Crippen molar-refractivity contribution in [2.75, 3.05) is 0 Å². The number of hydrogen-bond donors (Lipinski definition) is 0. The summed E-state index contributed by atoms with van der Waals surface area (Å²) >= 11 is 0. The molecule has 0 N–H and O–H groups in total. The molecule has 0 aliphatic carbocycles. The third kappa shape index (κ3) is 3.22. The Kier molecular flexibility index (Phi) is 5.17. The summed E-state index contributed by atoms with van der Waals surface area (Å²) in [5, 5.41) is 2.66. The van der Waals surface area contributed by atoms with Gasteiger partial charge in [-0.1, -0.05) is 117 Å². The molecule has 1 fully saturated rings. The average molecular weight is 403 g/mol. The van der Waals surface area contributed by atoms with Crippen molar-refractivity contribution >= 4 is 26.8 Å². The van der Waals surface area contributed by atoms with Gasteiger partial charge >= 0.3 is 0 Å². The maximum atomic E-state index is 7.58. The molecule has 0 spiro atoms. The van der Waals surface area contributed by atoms with Crippen LogP contribution in [-0.4, -0.2) is 16.4 Å². The van der Waals surface area contributed by atoms with E-state index < -0.39 is 16.4 Å². The minimum absolute atomic E-state index is 0.148. The summed E-state index contributed by atoms with van der Waals surface area (Å²) in [5.74, 6) is 0. The highest BCUT2D eigenvalue weighted by Gasteiger charge is 2.55. The van der Waals surface area contributed by atoms with Crippen molar-refractivity contribution in [3.05, 3.63) is 96.6 Å². The lowest BCUT2D eigenvalue weighted by atomic mass is 10.0. The molecule has 4 rings (SSSR count). The minimum Gasteiger partial charge on any atom is -0.401 e. The molecule has 1 saturated heterocycles. The Hall–Kier alpha value is -1.95. The van der Waals surface area contributed by atoms with Gasteiger partial charge < -0.3 is 4.43 Å². The van der Waals surface area contributed by atoms with Crippen LogP contribution in [0.25, 0.3) is 0 Å². The normalized spacial score (nSPS) is 22.0. The zero-order valence-electron chi connectivity index (χ0n) is 17.2. The first-order valence-electron chi connectivity index (χ1n) is 10.3. The maximum absolute atomic E-state index is 7.58. The Balaban J connectivity index is 1.94. The Morgan fingerprint density at radius 1 is 0.714 bits per heavy atom. The summed E-state index contributed by atoms with van der Waals surface area (Å²) in [6.07, 6.45) is 2.34. The van der Waals surface area contributed by atoms with Crippen LogP contribution in [0.1, 0.15) is 18.4 Å². The topological polar surface area (TPSA) is 9.23 Å². The molecular weight excluding hydrogens is 372 g/mol. The third-order valence-corrected chi connectivity index (χ3v) is 13.9. The fourth-order valence-electron chi connectivity index (χ4n) is 4.85. The number of rotatable bonds is 4. The Bertz CT molecular complexity index is 864. The molecule has 1 atom stereocenters. The second-order valence-corrected chi connectivity index (χ2v) is 17.8. The molecule has 1 heterocycles. The lowest BCUT2D eigenvalue weighted by molar-refractivity contribution is 0.109. The van der Waals surface area contributed by atoms with Crippen LogP contribution in [0.3, 0.4) is 0 Å². The number of benzene rings is 3. The van der Waals surface area contributed by atoms with Crippen LogP contribution in [0.2, 0.25) is 25.7 Å². The van der Waals surface area contributed by atoms with E-state index in [1.807, 2.05) is 0 Å². The van der Waals surface area contributed by atoms with Crippen LogP contribution >= 0.6 is 0 Å². The van der Waals surface area contributed by atoms with E-state index >= 15 is 0 Å². The highest BCUT2D eigenvalue weighted by Crippen LogP contribution is 2.46. The van der Waals surface area contributed by atoms with Gasteiger partial charge in [0.2, 0.25) is 0 Å². The summed E-state index contributed by atoms with van der Waals surface area (Å²) in [6.45, 7) is 7.42. The van der Waals surface area contributed by atoms with E-state index in [1.165, 1.54) is 22.4 Å². The lowest BCUT2D eigenvalue weighted by Gasteiger charge is -2.54. The first-order chi connectivity index (χ1) is 13.5. The van der Waals surface area contributed by atoms with E-state index in [0.29, 0.717) is 0 Å². The Morgan fingerprint density at radius 2 is 1.18 bits per heavy atom. The molecule has 3 aromatic carbocycles. The molecule has 144 valence electrons. The molecule has 28 heavy (non-hydrogen) atoms. The summed E-state index contributed by atoms with van der Waals surface area (Å²) in [7, 11) is -4.02. The van der Waals surface area contributed by atoms with Crippen molar-refractivity contribution in [2.24, 2.45) is 0 Å². The van der Waals surface area contributed by atoms with Crippen LogP contribution in [0.15, 0.2) is 91.0 Å². The highest BCUT2D eigenvalue weighted by atomic mass is 28.4. The van der Waals surface area contributed by atoms with Crippen LogP contribution in [0, 0.1) is 0 Å². The lowest BCUT2D eigenvalue weighted by Crippen LogP contribution is -2.70. The molecule has 3 aromatic rings. The van der Waals surface area contributed by atoms with Gasteiger partial charge in [0.15, 0.2) is 0 Å². The van der Waals surface area contributed by atoms with E-state index in [-0.39, 0.29) is 5.22 Å². The number of hydrogen-bond acceptors (Lipinski definition) is 1. The average Bonchev–Trinajstić information content (AvgIpc) is 2.75. The van der Waals surface area contributed by atoms with Crippen LogP contribution < -0.4 is 10.4 Å². The Morgan fingerprint density at radius 3 is 1.64 bits per heavy atom. The van der Waals surface area contributed by atoms with Crippen molar-refractivity contribution in [2.45, 2.75) is 43.8 Å².